The van der Waals surface area contributed by atoms with E-state index in [0.29, 0.717) is 6.04 Å². The van der Waals surface area contributed by atoms with Gasteiger partial charge < -0.3 is 11.1 Å². The molecule has 0 saturated heterocycles. The predicted octanol–water partition coefficient (Wildman–Crippen LogP) is 1.89. The molecule has 0 amide bonds. The van der Waals surface area contributed by atoms with Crippen LogP contribution in [0.25, 0.3) is 0 Å². The first kappa shape index (κ1) is 10.4. The monoisotopic (exact) mass is 196 g/mol. The summed E-state index contributed by atoms with van der Waals surface area (Å²) in [5.74, 6) is 1.90. The molecule has 2 rings (SSSR count). The van der Waals surface area contributed by atoms with Gasteiger partial charge in [-0.2, -0.15) is 0 Å². The molecule has 3 N–H and O–H groups in total. The van der Waals surface area contributed by atoms with E-state index in [1.54, 1.807) is 0 Å². The SMILES string of the molecule is CC1CCCC(CNC2CC(N)C2)C1. The lowest BCUT2D eigenvalue weighted by Crippen LogP contribution is -2.49. The third-order valence-electron chi connectivity index (χ3n) is 3.91. The second kappa shape index (κ2) is 4.63. The Morgan fingerprint density at radius 1 is 1.21 bits per heavy atom. The van der Waals surface area contributed by atoms with Crippen molar-refractivity contribution in [3.8, 4) is 0 Å². The van der Waals surface area contributed by atoms with E-state index in [4.69, 9.17) is 5.73 Å². The Bertz CT molecular complexity index is 175. The quantitative estimate of drug-likeness (QED) is 0.723. The molecular formula is C12H24N2. The molecule has 0 aromatic carbocycles. The highest BCUT2D eigenvalue weighted by atomic mass is 15.0. The number of nitrogens with one attached hydrogen (secondary N) is 1. The van der Waals surface area contributed by atoms with Crippen LogP contribution in [0.5, 0.6) is 0 Å². The largest absolute Gasteiger partial charge is 0.328 e. The number of nitrogens with two attached hydrogens (primary N) is 1. The molecular weight excluding hydrogens is 172 g/mol. The van der Waals surface area contributed by atoms with Crippen LogP contribution in [0.1, 0.15) is 45.4 Å². The van der Waals surface area contributed by atoms with E-state index in [2.05, 4.69) is 12.2 Å². The number of hydrogen-bond donors (Lipinski definition) is 2. The Morgan fingerprint density at radius 3 is 2.64 bits per heavy atom. The maximum absolute atomic E-state index is 5.76. The molecule has 0 aliphatic heterocycles. The van der Waals surface area contributed by atoms with Crippen molar-refractivity contribution < 1.29 is 0 Å². The lowest BCUT2D eigenvalue weighted by Gasteiger charge is -2.35. The van der Waals surface area contributed by atoms with Crippen molar-refractivity contribution in [2.75, 3.05) is 6.54 Å². The Labute approximate surface area is 87.6 Å². The van der Waals surface area contributed by atoms with Crippen molar-refractivity contribution in [2.45, 2.75) is 57.5 Å². The van der Waals surface area contributed by atoms with Gasteiger partial charge >= 0.3 is 0 Å². The molecule has 0 bridgehead atoms. The van der Waals surface area contributed by atoms with Gasteiger partial charge in [-0.3, -0.25) is 0 Å². The topological polar surface area (TPSA) is 38.0 Å². The highest BCUT2D eigenvalue weighted by Gasteiger charge is 2.26. The van der Waals surface area contributed by atoms with Gasteiger partial charge in [-0.1, -0.05) is 19.8 Å². The minimum atomic E-state index is 0.484. The van der Waals surface area contributed by atoms with Gasteiger partial charge in [0.25, 0.3) is 0 Å². The van der Waals surface area contributed by atoms with Crippen LogP contribution in [0.15, 0.2) is 0 Å². The number of hydrogen-bond acceptors (Lipinski definition) is 2. The molecule has 2 aliphatic rings. The van der Waals surface area contributed by atoms with Crippen LogP contribution < -0.4 is 11.1 Å². The Morgan fingerprint density at radius 2 is 2.00 bits per heavy atom. The predicted molar refractivity (Wildman–Crippen MR) is 60.1 cm³/mol. The van der Waals surface area contributed by atoms with Gasteiger partial charge in [-0.05, 0) is 44.1 Å². The molecule has 0 spiro atoms. The standard InChI is InChI=1S/C12H24N2/c1-9-3-2-4-10(5-9)8-14-12-6-11(13)7-12/h9-12,14H,2-8,13H2,1H3. The summed E-state index contributed by atoms with van der Waals surface area (Å²) < 4.78 is 0. The van der Waals surface area contributed by atoms with Crippen molar-refractivity contribution >= 4 is 0 Å². The zero-order valence-electron chi connectivity index (χ0n) is 9.34. The summed E-state index contributed by atoms with van der Waals surface area (Å²) in [6, 6.07) is 1.22. The van der Waals surface area contributed by atoms with Crippen LogP contribution in [0.3, 0.4) is 0 Å². The smallest absolute Gasteiger partial charge is 0.00966 e. The Balaban J connectivity index is 1.60. The fraction of sp³-hybridized carbons (Fsp3) is 1.00. The van der Waals surface area contributed by atoms with Crippen molar-refractivity contribution in [1.29, 1.82) is 0 Å². The lowest BCUT2D eigenvalue weighted by atomic mass is 9.81. The van der Waals surface area contributed by atoms with Gasteiger partial charge in [0, 0.05) is 12.1 Å². The van der Waals surface area contributed by atoms with Gasteiger partial charge in [0.15, 0.2) is 0 Å². The maximum atomic E-state index is 5.76. The van der Waals surface area contributed by atoms with Crippen molar-refractivity contribution in [3.63, 3.8) is 0 Å². The average molecular weight is 196 g/mol. The van der Waals surface area contributed by atoms with Gasteiger partial charge in [-0.15, -0.1) is 0 Å². The van der Waals surface area contributed by atoms with E-state index in [1.165, 1.54) is 45.1 Å². The third-order valence-corrected chi connectivity index (χ3v) is 3.91. The molecule has 2 atom stereocenters. The second-order valence-electron chi connectivity index (χ2n) is 5.47. The van der Waals surface area contributed by atoms with E-state index >= 15 is 0 Å². The summed E-state index contributed by atoms with van der Waals surface area (Å²) >= 11 is 0. The molecule has 0 aromatic rings. The van der Waals surface area contributed by atoms with Crippen molar-refractivity contribution in [2.24, 2.45) is 17.6 Å². The zero-order chi connectivity index (χ0) is 9.97. The van der Waals surface area contributed by atoms with E-state index in [0.717, 1.165) is 17.9 Å². The minimum absolute atomic E-state index is 0.484. The van der Waals surface area contributed by atoms with E-state index < -0.39 is 0 Å². The van der Waals surface area contributed by atoms with Crippen LogP contribution in [0.2, 0.25) is 0 Å². The summed E-state index contributed by atoms with van der Waals surface area (Å²) in [6.07, 6.45) is 8.16. The summed E-state index contributed by atoms with van der Waals surface area (Å²) in [5.41, 5.74) is 5.76. The molecule has 0 heterocycles. The van der Waals surface area contributed by atoms with Crippen LogP contribution in [0, 0.1) is 11.8 Å². The van der Waals surface area contributed by atoms with Crippen molar-refractivity contribution in [3.05, 3.63) is 0 Å². The summed E-state index contributed by atoms with van der Waals surface area (Å²) in [5, 5.41) is 3.66. The van der Waals surface area contributed by atoms with E-state index in [9.17, 15) is 0 Å². The summed E-state index contributed by atoms with van der Waals surface area (Å²) in [4.78, 5) is 0. The molecule has 2 heteroatoms. The molecule has 82 valence electrons. The van der Waals surface area contributed by atoms with Gasteiger partial charge in [0.1, 0.15) is 0 Å². The molecule has 0 aromatic heterocycles. The highest BCUT2D eigenvalue weighted by Crippen LogP contribution is 2.28. The Kier molecular flexibility index (Phi) is 3.45. The average Bonchev–Trinajstić information content (AvgIpc) is 2.11. The summed E-state index contributed by atoms with van der Waals surface area (Å²) in [7, 11) is 0. The highest BCUT2D eigenvalue weighted by molar-refractivity contribution is 4.88. The maximum Gasteiger partial charge on any atom is 0.00966 e. The Hall–Kier alpha value is -0.0800. The normalized spacial score (nSPS) is 43.3. The van der Waals surface area contributed by atoms with Gasteiger partial charge in [0.2, 0.25) is 0 Å². The van der Waals surface area contributed by atoms with Crippen LogP contribution in [-0.2, 0) is 0 Å². The van der Waals surface area contributed by atoms with E-state index in [1.807, 2.05) is 0 Å². The fourth-order valence-electron chi connectivity index (χ4n) is 2.91. The first-order valence-corrected chi connectivity index (χ1v) is 6.23. The van der Waals surface area contributed by atoms with E-state index in [-0.39, 0.29) is 0 Å². The minimum Gasteiger partial charge on any atom is -0.328 e. The van der Waals surface area contributed by atoms with Crippen LogP contribution in [0.4, 0.5) is 0 Å². The molecule has 14 heavy (non-hydrogen) atoms. The summed E-state index contributed by atoms with van der Waals surface area (Å²) in [6.45, 7) is 3.63. The van der Waals surface area contributed by atoms with Crippen molar-refractivity contribution in [1.82, 2.24) is 5.32 Å². The molecule has 2 aliphatic carbocycles. The van der Waals surface area contributed by atoms with Crippen LogP contribution >= 0.6 is 0 Å². The molecule has 2 unspecified atom stereocenters. The van der Waals surface area contributed by atoms with Gasteiger partial charge in [0.05, 0.1) is 0 Å². The third kappa shape index (κ3) is 2.71. The first-order valence-electron chi connectivity index (χ1n) is 6.23. The first-order chi connectivity index (χ1) is 6.74. The zero-order valence-corrected chi connectivity index (χ0v) is 9.34. The molecule has 2 nitrogen and oxygen atoms in total. The second-order valence-corrected chi connectivity index (χ2v) is 5.47. The molecule has 0 radical (unpaired) electrons. The van der Waals surface area contributed by atoms with Crippen LogP contribution in [-0.4, -0.2) is 18.6 Å². The number of rotatable bonds is 3. The van der Waals surface area contributed by atoms with Gasteiger partial charge in [-0.25, -0.2) is 0 Å². The lowest BCUT2D eigenvalue weighted by molar-refractivity contribution is 0.232. The fourth-order valence-corrected chi connectivity index (χ4v) is 2.91. The molecule has 2 fully saturated rings. The molecule has 2 saturated carbocycles.